The smallest absolute Gasteiger partial charge is 0.459 e. The maximum absolute atomic E-state index is 11.8. The van der Waals surface area contributed by atoms with E-state index in [9.17, 15) is 9.59 Å². The molecule has 0 N–H and O–H groups in total. The zero-order chi connectivity index (χ0) is 17.4. The quantitative estimate of drug-likeness (QED) is 0.480. The number of carbonyl (C=O) groups is 2. The lowest BCUT2D eigenvalue weighted by Gasteiger charge is -2.28. The monoisotopic (exact) mass is 316 g/mol. The molecule has 0 fully saturated rings. The third kappa shape index (κ3) is 8.67. The number of rotatable bonds is 9. The molecule has 0 heterocycles. The van der Waals surface area contributed by atoms with Gasteiger partial charge in [0, 0.05) is 6.42 Å². The number of hydrogen-bond acceptors (Lipinski definition) is 6. The van der Waals surface area contributed by atoms with Crippen molar-refractivity contribution in [3.8, 4) is 0 Å². The normalized spacial score (nSPS) is 12.0. The Morgan fingerprint density at radius 1 is 1.18 bits per heavy atom. The van der Waals surface area contributed by atoms with E-state index in [4.69, 9.17) is 18.9 Å². The fourth-order valence-corrected chi connectivity index (χ4v) is 1.41. The molecule has 6 nitrogen and oxygen atoms in total. The molecule has 0 radical (unpaired) electrons. The maximum Gasteiger partial charge on any atom is 0.509 e. The fourth-order valence-electron chi connectivity index (χ4n) is 1.41. The molecule has 0 aliphatic carbocycles. The Bertz CT molecular complexity index is 384. The predicted octanol–water partition coefficient (Wildman–Crippen LogP) is 3.24. The molecule has 0 aliphatic rings. The molecule has 0 amide bonds. The summed E-state index contributed by atoms with van der Waals surface area (Å²) >= 11 is 0. The van der Waals surface area contributed by atoms with Crippen molar-refractivity contribution >= 4 is 12.1 Å². The van der Waals surface area contributed by atoms with Crippen LogP contribution in [0.4, 0.5) is 4.79 Å². The first-order chi connectivity index (χ1) is 10.00. The average Bonchev–Trinajstić information content (AvgIpc) is 2.33. The lowest BCUT2D eigenvalue weighted by molar-refractivity contribution is -0.168. The van der Waals surface area contributed by atoms with E-state index in [1.807, 2.05) is 0 Å². The third-order valence-corrected chi connectivity index (χ3v) is 2.68. The molecule has 22 heavy (non-hydrogen) atoms. The molecule has 6 heteroatoms. The number of ether oxygens (including phenoxy) is 4. The van der Waals surface area contributed by atoms with Gasteiger partial charge in [-0.15, -0.1) is 0 Å². The standard InChI is InChI=1S/C16H28O6/c1-8-10-19-13(17)16(6,7)20-11-9-15(4,5)22-14(18)21-12(2)3/h8,12H,1,9-11H2,2-7H3. The zero-order valence-electron chi connectivity index (χ0n) is 14.4. The highest BCUT2D eigenvalue weighted by Gasteiger charge is 2.32. The summed E-state index contributed by atoms with van der Waals surface area (Å²) in [5.74, 6) is -0.467. The summed E-state index contributed by atoms with van der Waals surface area (Å²) in [7, 11) is 0. The van der Waals surface area contributed by atoms with Gasteiger partial charge in [-0.2, -0.15) is 0 Å². The van der Waals surface area contributed by atoms with Crippen LogP contribution < -0.4 is 0 Å². The van der Waals surface area contributed by atoms with Crippen LogP contribution in [0.1, 0.15) is 48.0 Å². The second-order valence-electron chi connectivity index (χ2n) is 6.27. The van der Waals surface area contributed by atoms with E-state index in [2.05, 4.69) is 6.58 Å². The molecule has 128 valence electrons. The van der Waals surface area contributed by atoms with Gasteiger partial charge in [-0.05, 0) is 41.5 Å². The van der Waals surface area contributed by atoms with Gasteiger partial charge in [0.2, 0.25) is 0 Å². The second-order valence-corrected chi connectivity index (χ2v) is 6.27. The van der Waals surface area contributed by atoms with E-state index in [0.29, 0.717) is 6.42 Å². The van der Waals surface area contributed by atoms with Crippen LogP contribution in [0, 0.1) is 0 Å². The molecule has 0 atom stereocenters. The van der Waals surface area contributed by atoms with Crippen molar-refractivity contribution in [3.05, 3.63) is 12.7 Å². The molecule has 0 spiro atoms. The van der Waals surface area contributed by atoms with E-state index in [1.54, 1.807) is 41.5 Å². The largest absolute Gasteiger partial charge is 0.509 e. The van der Waals surface area contributed by atoms with E-state index < -0.39 is 23.3 Å². The first kappa shape index (κ1) is 20.4. The number of carbonyl (C=O) groups excluding carboxylic acids is 2. The first-order valence-corrected chi connectivity index (χ1v) is 7.32. The summed E-state index contributed by atoms with van der Waals surface area (Å²) in [6, 6.07) is 0. The molecule has 0 saturated carbocycles. The summed E-state index contributed by atoms with van der Waals surface area (Å²) in [5.41, 5.74) is -1.83. The van der Waals surface area contributed by atoms with Crippen molar-refractivity contribution in [2.24, 2.45) is 0 Å². The minimum absolute atomic E-state index is 0.140. The van der Waals surface area contributed by atoms with Crippen molar-refractivity contribution in [3.63, 3.8) is 0 Å². The van der Waals surface area contributed by atoms with Gasteiger partial charge in [0.1, 0.15) is 12.2 Å². The Balaban J connectivity index is 4.28. The number of hydrogen-bond donors (Lipinski definition) is 0. The van der Waals surface area contributed by atoms with Gasteiger partial charge < -0.3 is 18.9 Å². The van der Waals surface area contributed by atoms with Gasteiger partial charge in [-0.25, -0.2) is 9.59 Å². The topological polar surface area (TPSA) is 71.1 Å². The summed E-state index contributed by atoms with van der Waals surface area (Å²) in [4.78, 5) is 23.3. The summed E-state index contributed by atoms with van der Waals surface area (Å²) in [6.07, 6.45) is 0.951. The molecule has 0 aromatic heterocycles. The van der Waals surface area contributed by atoms with Crippen molar-refractivity contribution in [2.45, 2.75) is 65.3 Å². The van der Waals surface area contributed by atoms with Gasteiger partial charge in [0.25, 0.3) is 0 Å². The molecule has 0 aromatic carbocycles. The third-order valence-electron chi connectivity index (χ3n) is 2.68. The van der Waals surface area contributed by atoms with Crippen molar-refractivity contribution in [2.75, 3.05) is 13.2 Å². The minimum atomic E-state index is -1.07. The lowest BCUT2D eigenvalue weighted by Crippen LogP contribution is -2.39. The Morgan fingerprint density at radius 2 is 1.77 bits per heavy atom. The number of esters is 1. The van der Waals surface area contributed by atoms with Crippen LogP contribution >= 0.6 is 0 Å². The Kier molecular flexibility index (Phi) is 8.16. The molecule has 0 rings (SSSR count). The van der Waals surface area contributed by atoms with Crippen LogP contribution in [0.2, 0.25) is 0 Å². The second kappa shape index (κ2) is 8.78. The predicted molar refractivity (Wildman–Crippen MR) is 82.6 cm³/mol. The lowest BCUT2D eigenvalue weighted by atomic mass is 10.1. The Morgan fingerprint density at radius 3 is 2.27 bits per heavy atom. The highest BCUT2D eigenvalue weighted by molar-refractivity contribution is 5.78. The molecular weight excluding hydrogens is 288 g/mol. The highest BCUT2D eigenvalue weighted by atomic mass is 16.7. The molecular formula is C16H28O6. The van der Waals surface area contributed by atoms with Crippen LogP contribution in [-0.2, 0) is 23.7 Å². The van der Waals surface area contributed by atoms with Gasteiger partial charge in [0.05, 0.1) is 12.7 Å². The van der Waals surface area contributed by atoms with Crippen LogP contribution in [-0.4, -0.2) is 42.6 Å². The van der Waals surface area contributed by atoms with Crippen molar-refractivity contribution in [1.82, 2.24) is 0 Å². The fraction of sp³-hybridized carbons (Fsp3) is 0.750. The molecule has 0 aromatic rings. The van der Waals surface area contributed by atoms with Gasteiger partial charge >= 0.3 is 12.1 Å². The van der Waals surface area contributed by atoms with Crippen LogP contribution in [0.3, 0.4) is 0 Å². The summed E-state index contributed by atoms with van der Waals surface area (Å²) in [6.45, 7) is 14.1. The van der Waals surface area contributed by atoms with Crippen molar-refractivity contribution in [1.29, 1.82) is 0 Å². The summed E-state index contributed by atoms with van der Waals surface area (Å²) < 4.78 is 20.7. The Hall–Kier alpha value is -1.56. The van der Waals surface area contributed by atoms with E-state index in [1.165, 1.54) is 6.08 Å². The SMILES string of the molecule is C=CCOC(=O)C(C)(C)OCCC(C)(C)OC(=O)OC(C)C. The highest BCUT2D eigenvalue weighted by Crippen LogP contribution is 2.19. The van der Waals surface area contributed by atoms with E-state index in [-0.39, 0.29) is 19.3 Å². The first-order valence-electron chi connectivity index (χ1n) is 7.32. The van der Waals surface area contributed by atoms with Gasteiger partial charge in [0.15, 0.2) is 5.60 Å². The molecule has 0 saturated heterocycles. The van der Waals surface area contributed by atoms with Gasteiger partial charge in [-0.1, -0.05) is 12.7 Å². The maximum atomic E-state index is 11.8. The summed E-state index contributed by atoms with van der Waals surface area (Å²) in [5, 5.41) is 0. The zero-order valence-corrected chi connectivity index (χ0v) is 14.4. The Labute approximate surface area is 132 Å². The van der Waals surface area contributed by atoms with Gasteiger partial charge in [-0.3, -0.25) is 0 Å². The average molecular weight is 316 g/mol. The van der Waals surface area contributed by atoms with E-state index in [0.717, 1.165) is 0 Å². The molecule has 0 unspecified atom stereocenters. The molecule has 0 bridgehead atoms. The minimum Gasteiger partial charge on any atom is -0.459 e. The van der Waals surface area contributed by atoms with Crippen LogP contribution in [0.15, 0.2) is 12.7 Å². The van der Waals surface area contributed by atoms with Crippen LogP contribution in [0.25, 0.3) is 0 Å². The van der Waals surface area contributed by atoms with Crippen molar-refractivity contribution < 1.29 is 28.5 Å². The van der Waals surface area contributed by atoms with E-state index >= 15 is 0 Å². The molecule has 0 aliphatic heterocycles. The van der Waals surface area contributed by atoms with Crippen LogP contribution in [0.5, 0.6) is 0 Å².